The molecule has 0 fully saturated rings. The van der Waals surface area contributed by atoms with Crippen molar-refractivity contribution in [1.82, 2.24) is 9.78 Å². The maximum atomic E-state index is 12.4. The molecule has 2 heterocycles. The van der Waals surface area contributed by atoms with E-state index < -0.39 is 0 Å². The number of anilines is 1. The van der Waals surface area contributed by atoms with Crippen LogP contribution in [0.25, 0.3) is 5.69 Å². The van der Waals surface area contributed by atoms with Gasteiger partial charge in [0.15, 0.2) is 0 Å². The summed E-state index contributed by atoms with van der Waals surface area (Å²) >= 11 is 6.32. The van der Waals surface area contributed by atoms with Crippen LogP contribution in [0.3, 0.4) is 0 Å². The van der Waals surface area contributed by atoms with Crippen molar-refractivity contribution in [3.05, 3.63) is 64.8 Å². The van der Waals surface area contributed by atoms with Crippen molar-refractivity contribution in [3.8, 4) is 17.2 Å². The molecule has 138 valence electrons. The van der Waals surface area contributed by atoms with Gasteiger partial charge in [-0.25, -0.2) is 4.68 Å². The number of methoxy groups -OCH3 is 2. The molecular weight excluding hydrogens is 366 g/mol. The van der Waals surface area contributed by atoms with Crippen LogP contribution < -0.4 is 14.8 Å². The van der Waals surface area contributed by atoms with Gasteiger partial charge >= 0.3 is 0 Å². The van der Waals surface area contributed by atoms with Crippen molar-refractivity contribution in [1.29, 1.82) is 0 Å². The van der Waals surface area contributed by atoms with E-state index in [-0.39, 0.29) is 11.8 Å². The lowest BCUT2D eigenvalue weighted by atomic mass is 9.86. The average molecular weight is 384 g/mol. The molecule has 1 aliphatic rings. The minimum absolute atomic E-state index is 0.0841. The van der Waals surface area contributed by atoms with Crippen LogP contribution >= 0.6 is 11.6 Å². The van der Waals surface area contributed by atoms with E-state index in [0.717, 1.165) is 11.1 Å². The molecule has 4 rings (SSSR count). The molecule has 1 amide bonds. The normalized spacial score (nSPS) is 15.8. The standard InChI is InChI=1S/C20H18ClN3O3/c1-26-12-7-8-13(18(9-12)27-2)14-10-19(25)23-20-15(14)11-22-24(20)17-6-4-3-5-16(17)21/h3-9,11,14H,10H2,1-2H3,(H,23,25). The van der Waals surface area contributed by atoms with Crippen LogP contribution in [0.15, 0.2) is 48.7 Å². The van der Waals surface area contributed by atoms with Crippen molar-refractivity contribution in [2.75, 3.05) is 19.5 Å². The van der Waals surface area contributed by atoms with E-state index in [1.54, 1.807) is 31.2 Å². The van der Waals surface area contributed by atoms with Gasteiger partial charge in [-0.15, -0.1) is 0 Å². The maximum Gasteiger partial charge on any atom is 0.226 e. The summed E-state index contributed by atoms with van der Waals surface area (Å²) in [7, 11) is 3.21. The predicted molar refractivity (Wildman–Crippen MR) is 103 cm³/mol. The number of hydrogen-bond acceptors (Lipinski definition) is 4. The first kappa shape index (κ1) is 17.4. The molecule has 1 atom stereocenters. The Kier molecular flexibility index (Phi) is 4.49. The minimum Gasteiger partial charge on any atom is -0.497 e. The Morgan fingerprint density at radius 2 is 1.96 bits per heavy atom. The summed E-state index contributed by atoms with van der Waals surface area (Å²) < 4.78 is 12.5. The number of rotatable bonds is 4. The zero-order valence-corrected chi connectivity index (χ0v) is 15.7. The van der Waals surface area contributed by atoms with Crippen molar-refractivity contribution in [2.45, 2.75) is 12.3 Å². The van der Waals surface area contributed by atoms with Gasteiger partial charge in [0, 0.05) is 29.5 Å². The molecule has 0 aliphatic carbocycles. The number of hydrogen-bond donors (Lipinski definition) is 1. The molecule has 27 heavy (non-hydrogen) atoms. The first-order chi connectivity index (χ1) is 13.1. The third-order valence-electron chi connectivity index (χ3n) is 4.72. The molecule has 6 nitrogen and oxygen atoms in total. The molecule has 7 heteroatoms. The number of aromatic nitrogens is 2. The first-order valence-corrected chi connectivity index (χ1v) is 8.84. The lowest BCUT2D eigenvalue weighted by Crippen LogP contribution is -2.25. The zero-order valence-electron chi connectivity index (χ0n) is 14.9. The van der Waals surface area contributed by atoms with E-state index in [4.69, 9.17) is 21.1 Å². The molecule has 0 spiro atoms. The first-order valence-electron chi connectivity index (χ1n) is 8.47. The molecule has 0 saturated heterocycles. The third-order valence-corrected chi connectivity index (χ3v) is 5.04. The molecule has 0 bridgehead atoms. The van der Waals surface area contributed by atoms with E-state index in [1.807, 2.05) is 36.4 Å². The van der Waals surface area contributed by atoms with Gasteiger partial charge in [-0.1, -0.05) is 29.8 Å². The number of nitrogens with one attached hydrogen (secondary N) is 1. The highest BCUT2D eigenvalue weighted by molar-refractivity contribution is 6.32. The summed E-state index contributed by atoms with van der Waals surface area (Å²) in [4.78, 5) is 12.4. The van der Waals surface area contributed by atoms with Crippen LogP contribution in [0.2, 0.25) is 5.02 Å². The number of halogens is 1. The number of fused-ring (bicyclic) bond motifs is 1. The number of carbonyl (C=O) groups excluding carboxylic acids is 1. The highest BCUT2D eigenvalue weighted by atomic mass is 35.5. The topological polar surface area (TPSA) is 65.4 Å². The summed E-state index contributed by atoms with van der Waals surface area (Å²) in [6.45, 7) is 0. The molecular formula is C20H18ClN3O3. The van der Waals surface area contributed by atoms with E-state index in [2.05, 4.69) is 10.4 Å². The third kappa shape index (κ3) is 3.02. The molecule has 0 saturated carbocycles. The number of carbonyl (C=O) groups is 1. The number of benzene rings is 2. The van der Waals surface area contributed by atoms with Crippen LogP contribution in [-0.2, 0) is 4.79 Å². The lowest BCUT2D eigenvalue weighted by molar-refractivity contribution is -0.116. The SMILES string of the molecule is COc1ccc(C2CC(=O)Nc3c2cnn3-c2ccccc2Cl)c(OC)c1. The predicted octanol–water partition coefficient (Wildman–Crippen LogP) is 4.02. The summed E-state index contributed by atoms with van der Waals surface area (Å²) in [6.07, 6.45) is 2.08. The van der Waals surface area contributed by atoms with Gasteiger partial charge in [0.2, 0.25) is 5.91 Å². The van der Waals surface area contributed by atoms with Gasteiger partial charge in [0.05, 0.1) is 31.1 Å². The Labute approximate surface area is 161 Å². The van der Waals surface area contributed by atoms with E-state index >= 15 is 0 Å². The van der Waals surface area contributed by atoms with Crippen molar-refractivity contribution >= 4 is 23.3 Å². The van der Waals surface area contributed by atoms with Gasteiger partial charge in [-0.05, 0) is 18.2 Å². The van der Waals surface area contributed by atoms with Crippen LogP contribution in [0.1, 0.15) is 23.5 Å². The monoisotopic (exact) mass is 383 g/mol. The summed E-state index contributed by atoms with van der Waals surface area (Å²) in [5, 5.41) is 7.97. The second-order valence-electron chi connectivity index (χ2n) is 6.22. The Balaban J connectivity index is 1.84. The van der Waals surface area contributed by atoms with E-state index in [9.17, 15) is 4.79 Å². The highest BCUT2D eigenvalue weighted by Crippen LogP contribution is 2.42. The summed E-state index contributed by atoms with van der Waals surface area (Å²) in [5.41, 5.74) is 2.54. The van der Waals surface area contributed by atoms with Crippen LogP contribution in [0.4, 0.5) is 5.82 Å². The van der Waals surface area contributed by atoms with Crippen LogP contribution in [0.5, 0.6) is 11.5 Å². The van der Waals surface area contributed by atoms with Gasteiger partial charge in [-0.3, -0.25) is 4.79 Å². The summed E-state index contributed by atoms with van der Waals surface area (Å²) in [5.74, 6) is 1.74. The second-order valence-corrected chi connectivity index (χ2v) is 6.63. The van der Waals surface area contributed by atoms with Crippen LogP contribution in [0, 0.1) is 0 Å². The molecule has 2 aromatic carbocycles. The zero-order chi connectivity index (χ0) is 19.0. The maximum absolute atomic E-state index is 12.4. The highest BCUT2D eigenvalue weighted by Gasteiger charge is 2.32. The summed E-state index contributed by atoms with van der Waals surface area (Å²) in [6, 6.07) is 13.0. The fourth-order valence-electron chi connectivity index (χ4n) is 3.41. The van der Waals surface area contributed by atoms with Gasteiger partial charge in [0.1, 0.15) is 17.3 Å². The molecule has 1 N–H and O–H groups in total. The van der Waals surface area contributed by atoms with Gasteiger partial charge in [0.25, 0.3) is 0 Å². The second kappa shape index (κ2) is 6.96. The molecule has 1 aliphatic heterocycles. The Hall–Kier alpha value is -2.99. The van der Waals surface area contributed by atoms with E-state index in [1.165, 1.54) is 0 Å². The quantitative estimate of drug-likeness (QED) is 0.739. The van der Waals surface area contributed by atoms with Crippen LogP contribution in [-0.4, -0.2) is 29.9 Å². The van der Waals surface area contributed by atoms with Crippen molar-refractivity contribution < 1.29 is 14.3 Å². The molecule has 1 aromatic heterocycles. The number of amides is 1. The van der Waals surface area contributed by atoms with Gasteiger partial charge < -0.3 is 14.8 Å². The Bertz CT molecular complexity index is 1020. The van der Waals surface area contributed by atoms with Crippen molar-refractivity contribution in [3.63, 3.8) is 0 Å². The van der Waals surface area contributed by atoms with Gasteiger partial charge in [-0.2, -0.15) is 5.10 Å². The number of para-hydroxylation sites is 1. The number of nitrogens with zero attached hydrogens (tertiary/aromatic N) is 2. The minimum atomic E-state index is -0.175. The fraction of sp³-hybridized carbons (Fsp3) is 0.200. The molecule has 3 aromatic rings. The Morgan fingerprint density at radius 3 is 2.70 bits per heavy atom. The Morgan fingerprint density at radius 1 is 1.15 bits per heavy atom. The number of ether oxygens (including phenoxy) is 2. The fourth-order valence-corrected chi connectivity index (χ4v) is 3.63. The van der Waals surface area contributed by atoms with Crippen molar-refractivity contribution in [2.24, 2.45) is 0 Å². The van der Waals surface area contributed by atoms with E-state index in [0.29, 0.717) is 34.4 Å². The smallest absolute Gasteiger partial charge is 0.226 e. The average Bonchev–Trinajstić information content (AvgIpc) is 3.10. The lowest BCUT2D eigenvalue weighted by Gasteiger charge is -2.25. The molecule has 1 unspecified atom stereocenters. The molecule has 0 radical (unpaired) electrons. The largest absolute Gasteiger partial charge is 0.497 e.